The number of nitrogens with one attached hydrogen (secondary N) is 1. The molecule has 3 aromatic rings. The second-order valence-electron chi connectivity index (χ2n) is 9.38. The summed E-state index contributed by atoms with van der Waals surface area (Å²) < 4.78 is 0. The number of anilines is 2. The van der Waals surface area contributed by atoms with Crippen molar-refractivity contribution in [2.45, 2.75) is 25.2 Å². The number of nitriles is 1. The number of hydrogen-bond donors (Lipinski definition) is 1. The van der Waals surface area contributed by atoms with Gasteiger partial charge in [0.1, 0.15) is 0 Å². The largest absolute Gasteiger partial charge is 0.354 e. The first kappa shape index (κ1) is 23.5. The van der Waals surface area contributed by atoms with E-state index in [-0.39, 0.29) is 17.7 Å². The van der Waals surface area contributed by atoms with Crippen LogP contribution in [0.2, 0.25) is 0 Å². The van der Waals surface area contributed by atoms with Gasteiger partial charge in [-0.25, -0.2) is 0 Å². The van der Waals surface area contributed by atoms with Gasteiger partial charge in [0.05, 0.1) is 17.6 Å². The van der Waals surface area contributed by atoms with Crippen molar-refractivity contribution in [2.75, 3.05) is 36.4 Å². The number of aromatic nitrogens is 2. The molecule has 0 aliphatic carbocycles. The summed E-state index contributed by atoms with van der Waals surface area (Å²) in [6.45, 7) is 2.80. The van der Waals surface area contributed by atoms with Gasteiger partial charge in [0.15, 0.2) is 5.82 Å². The number of piperidine rings is 1. The van der Waals surface area contributed by atoms with Crippen molar-refractivity contribution in [2.24, 2.45) is 5.92 Å². The Bertz CT molecular complexity index is 1260. The smallest absolute Gasteiger partial charge is 0.253 e. The van der Waals surface area contributed by atoms with Gasteiger partial charge in [0.2, 0.25) is 5.91 Å². The lowest BCUT2D eigenvalue weighted by Crippen LogP contribution is -2.37. The third kappa shape index (κ3) is 5.20. The fourth-order valence-electron chi connectivity index (χ4n) is 5.05. The van der Waals surface area contributed by atoms with Crippen molar-refractivity contribution in [1.82, 2.24) is 15.1 Å². The third-order valence-electron chi connectivity index (χ3n) is 7.11. The molecule has 5 rings (SSSR count). The Morgan fingerprint density at radius 2 is 1.78 bits per heavy atom. The molecule has 2 aliphatic heterocycles. The van der Waals surface area contributed by atoms with Crippen LogP contribution >= 0.6 is 0 Å². The summed E-state index contributed by atoms with van der Waals surface area (Å²) in [6.07, 6.45) is 4.21. The van der Waals surface area contributed by atoms with Crippen molar-refractivity contribution in [3.63, 3.8) is 0 Å². The Labute approximate surface area is 210 Å². The fourth-order valence-corrected chi connectivity index (χ4v) is 5.05. The van der Waals surface area contributed by atoms with Gasteiger partial charge in [-0.2, -0.15) is 10.4 Å². The van der Waals surface area contributed by atoms with Gasteiger partial charge < -0.3 is 15.1 Å². The third-order valence-corrected chi connectivity index (χ3v) is 7.11. The number of rotatable bonds is 5. The normalized spacial score (nSPS) is 18.0. The maximum absolute atomic E-state index is 12.8. The van der Waals surface area contributed by atoms with Crippen LogP contribution in [0.1, 0.15) is 46.7 Å². The molecule has 1 aromatic heterocycles. The molecular weight excluding hydrogens is 452 g/mol. The first-order chi connectivity index (χ1) is 17.6. The Kier molecular flexibility index (Phi) is 6.89. The average Bonchev–Trinajstić information content (AvgIpc) is 3.44. The van der Waals surface area contributed by atoms with E-state index < -0.39 is 0 Å². The van der Waals surface area contributed by atoms with Crippen LogP contribution in [0.25, 0.3) is 0 Å². The predicted molar refractivity (Wildman–Crippen MR) is 136 cm³/mol. The van der Waals surface area contributed by atoms with Crippen molar-refractivity contribution < 1.29 is 9.59 Å². The monoisotopic (exact) mass is 480 g/mol. The molecule has 0 unspecified atom stereocenters. The Balaban J connectivity index is 1.12. The maximum Gasteiger partial charge on any atom is 0.253 e. The lowest BCUT2D eigenvalue weighted by Gasteiger charge is -2.32. The van der Waals surface area contributed by atoms with E-state index in [1.165, 1.54) is 5.56 Å². The molecule has 0 radical (unpaired) electrons. The zero-order chi connectivity index (χ0) is 24.9. The second-order valence-corrected chi connectivity index (χ2v) is 9.38. The minimum Gasteiger partial charge on any atom is -0.354 e. The SMILES string of the molecule is N#Cc1cccc(C(=O)N2CCC(c3ccc(NC(=O)[C@H]4CCN(c5cccnn5)C4)cc3)CC2)c1. The fraction of sp³-hybridized carbons (Fsp3) is 0.321. The highest BCUT2D eigenvalue weighted by atomic mass is 16.2. The molecule has 8 nitrogen and oxygen atoms in total. The van der Waals surface area contributed by atoms with Crippen LogP contribution in [-0.4, -0.2) is 53.1 Å². The van der Waals surface area contributed by atoms with Crippen LogP contribution in [0.4, 0.5) is 11.5 Å². The molecule has 3 heterocycles. The molecule has 36 heavy (non-hydrogen) atoms. The molecule has 0 spiro atoms. The summed E-state index contributed by atoms with van der Waals surface area (Å²) in [4.78, 5) is 29.6. The van der Waals surface area contributed by atoms with Crippen molar-refractivity contribution in [1.29, 1.82) is 5.26 Å². The molecule has 182 valence electrons. The number of benzene rings is 2. The topological polar surface area (TPSA) is 102 Å². The lowest BCUT2D eigenvalue weighted by atomic mass is 9.89. The van der Waals surface area contributed by atoms with Crippen LogP contribution < -0.4 is 10.2 Å². The van der Waals surface area contributed by atoms with Crippen LogP contribution in [0.3, 0.4) is 0 Å². The molecular formula is C28H28N6O2. The van der Waals surface area contributed by atoms with Gasteiger partial charge in [-0.15, -0.1) is 5.10 Å². The van der Waals surface area contributed by atoms with Gasteiger partial charge in [-0.3, -0.25) is 9.59 Å². The van der Waals surface area contributed by atoms with Crippen molar-refractivity contribution in [3.05, 3.63) is 83.6 Å². The first-order valence-electron chi connectivity index (χ1n) is 12.3. The second kappa shape index (κ2) is 10.6. The number of carbonyl (C=O) groups is 2. The number of hydrogen-bond acceptors (Lipinski definition) is 6. The van der Waals surface area contributed by atoms with Crippen LogP contribution in [0.15, 0.2) is 66.9 Å². The van der Waals surface area contributed by atoms with E-state index in [1.807, 2.05) is 29.2 Å². The molecule has 2 amide bonds. The molecule has 1 N–H and O–H groups in total. The lowest BCUT2D eigenvalue weighted by molar-refractivity contribution is -0.119. The number of likely N-dealkylation sites (tertiary alicyclic amines) is 1. The minimum absolute atomic E-state index is 0.0200. The minimum atomic E-state index is -0.0811. The van der Waals surface area contributed by atoms with Gasteiger partial charge in [0.25, 0.3) is 5.91 Å². The summed E-state index contributed by atoms with van der Waals surface area (Å²) in [5.74, 6) is 1.11. The Morgan fingerprint density at radius 3 is 2.50 bits per heavy atom. The van der Waals surface area contributed by atoms with E-state index in [1.54, 1.807) is 30.5 Å². The quantitative estimate of drug-likeness (QED) is 0.595. The van der Waals surface area contributed by atoms with Crippen molar-refractivity contribution >= 4 is 23.3 Å². The molecule has 8 heteroatoms. The van der Waals surface area contributed by atoms with Gasteiger partial charge in [0, 0.05) is 43.6 Å². The molecule has 0 saturated carbocycles. The summed E-state index contributed by atoms with van der Waals surface area (Å²) >= 11 is 0. The first-order valence-corrected chi connectivity index (χ1v) is 12.3. The van der Waals surface area contributed by atoms with Gasteiger partial charge >= 0.3 is 0 Å². The molecule has 2 saturated heterocycles. The van der Waals surface area contributed by atoms with Crippen molar-refractivity contribution in [3.8, 4) is 6.07 Å². The number of carbonyl (C=O) groups excluding carboxylic acids is 2. The summed E-state index contributed by atoms with van der Waals surface area (Å²) in [6, 6.07) is 20.8. The van der Waals surface area contributed by atoms with Gasteiger partial charge in [-0.1, -0.05) is 18.2 Å². The number of nitrogens with zero attached hydrogens (tertiary/aromatic N) is 5. The van der Waals surface area contributed by atoms with Crippen LogP contribution in [-0.2, 0) is 4.79 Å². The molecule has 1 atom stereocenters. The molecule has 2 aliphatic rings. The molecule has 0 bridgehead atoms. The highest BCUT2D eigenvalue weighted by molar-refractivity contribution is 5.95. The summed E-state index contributed by atoms with van der Waals surface area (Å²) in [5.41, 5.74) is 3.08. The highest BCUT2D eigenvalue weighted by Gasteiger charge is 2.29. The highest BCUT2D eigenvalue weighted by Crippen LogP contribution is 2.30. The average molecular weight is 481 g/mol. The Morgan fingerprint density at radius 1 is 0.972 bits per heavy atom. The van der Waals surface area contributed by atoms with Crippen LogP contribution in [0.5, 0.6) is 0 Å². The Hall–Kier alpha value is -4.25. The van der Waals surface area contributed by atoms with E-state index >= 15 is 0 Å². The van der Waals surface area contributed by atoms with E-state index in [0.717, 1.165) is 37.3 Å². The number of amides is 2. The molecule has 2 aromatic carbocycles. The zero-order valence-electron chi connectivity index (χ0n) is 20.0. The van der Waals surface area contributed by atoms with E-state index in [9.17, 15) is 9.59 Å². The standard InChI is InChI=1S/C28H28N6O2/c29-18-20-3-1-4-23(17-20)28(36)33-14-10-22(11-15-33)21-6-8-25(9-7-21)31-27(35)24-12-16-34(19-24)26-5-2-13-30-32-26/h1-9,13,17,22,24H,10-12,14-16,19H2,(H,31,35)/t24-/m0/s1. The molecule has 2 fully saturated rings. The van der Waals surface area contributed by atoms with Crippen LogP contribution in [0, 0.1) is 17.2 Å². The zero-order valence-corrected chi connectivity index (χ0v) is 20.0. The maximum atomic E-state index is 12.8. The summed E-state index contributed by atoms with van der Waals surface area (Å²) in [7, 11) is 0. The van der Waals surface area contributed by atoms with E-state index in [2.05, 4.69) is 38.6 Å². The summed E-state index contributed by atoms with van der Waals surface area (Å²) in [5, 5.41) is 20.2. The van der Waals surface area contributed by atoms with E-state index in [4.69, 9.17) is 5.26 Å². The van der Waals surface area contributed by atoms with Gasteiger partial charge in [-0.05, 0) is 73.2 Å². The van der Waals surface area contributed by atoms with E-state index in [0.29, 0.717) is 36.7 Å². The predicted octanol–water partition coefficient (Wildman–Crippen LogP) is 3.83.